The predicted molar refractivity (Wildman–Crippen MR) is 85.5 cm³/mol. The molecule has 0 spiro atoms. The zero-order chi connectivity index (χ0) is 15.2. The minimum absolute atomic E-state index is 0.00907. The molecule has 2 heterocycles. The van der Waals surface area contributed by atoms with Gasteiger partial charge in [-0.2, -0.15) is 0 Å². The molecular weight excluding hydrogens is 286 g/mol. The number of likely N-dealkylation sites (N-methyl/N-ethyl adjacent to an activating group) is 1. The van der Waals surface area contributed by atoms with Crippen LogP contribution < -0.4 is 5.32 Å². The highest BCUT2D eigenvalue weighted by molar-refractivity contribution is 7.10. The van der Waals surface area contributed by atoms with E-state index in [4.69, 9.17) is 5.11 Å². The first kappa shape index (κ1) is 16.3. The molecular formula is C15H25N3O2S. The van der Waals surface area contributed by atoms with Gasteiger partial charge in [0.05, 0.1) is 6.04 Å². The van der Waals surface area contributed by atoms with Crippen LogP contribution in [0.5, 0.6) is 0 Å². The van der Waals surface area contributed by atoms with E-state index in [0.29, 0.717) is 12.5 Å². The predicted octanol–water partition coefficient (Wildman–Crippen LogP) is 1.76. The highest BCUT2D eigenvalue weighted by Gasteiger charge is 2.23. The maximum absolute atomic E-state index is 12.2. The Morgan fingerprint density at radius 2 is 2.24 bits per heavy atom. The van der Waals surface area contributed by atoms with Crippen molar-refractivity contribution in [3.05, 3.63) is 22.4 Å². The Labute approximate surface area is 130 Å². The fourth-order valence-electron chi connectivity index (χ4n) is 2.63. The highest BCUT2D eigenvalue weighted by Crippen LogP contribution is 2.22. The third-order valence-corrected chi connectivity index (χ3v) is 5.08. The molecule has 0 unspecified atom stereocenters. The Hall–Kier alpha value is -1.11. The van der Waals surface area contributed by atoms with Crippen molar-refractivity contribution < 1.29 is 9.90 Å². The van der Waals surface area contributed by atoms with Gasteiger partial charge in [-0.1, -0.05) is 6.07 Å². The van der Waals surface area contributed by atoms with Gasteiger partial charge in [-0.25, -0.2) is 4.79 Å². The molecule has 0 aromatic carbocycles. The number of piperidine rings is 1. The van der Waals surface area contributed by atoms with E-state index in [1.54, 1.807) is 11.3 Å². The molecule has 1 aromatic heterocycles. The van der Waals surface area contributed by atoms with Crippen LogP contribution in [0.15, 0.2) is 17.5 Å². The molecule has 0 aliphatic carbocycles. The van der Waals surface area contributed by atoms with Crippen molar-refractivity contribution in [2.45, 2.75) is 18.9 Å². The van der Waals surface area contributed by atoms with Crippen molar-refractivity contribution in [2.24, 2.45) is 5.92 Å². The van der Waals surface area contributed by atoms with E-state index in [-0.39, 0.29) is 18.7 Å². The zero-order valence-corrected chi connectivity index (χ0v) is 13.6. The summed E-state index contributed by atoms with van der Waals surface area (Å²) in [6.45, 7) is 2.33. The second-order valence-electron chi connectivity index (χ2n) is 5.79. The largest absolute Gasteiger partial charge is 0.396 e. The second-order valence-corrected chi connectivity index (χ2v) is 6.77. The van der Waals surface area contributed by atoms with Crippen LogP contribution in [0.3, 0.4) is 0 Å². The molecule has 2 N–H and O–H groups in total. The lowest BCUT2D eigenvalue weighted by molar-refractivity contribution is 0.136. The van der Waals surface area contributed by atoms with E-state index in [0.717, 1.165) is 25.9 Å². The number of likely N-dealkylation sites (tertiary alicyclic amines) is 1. The number of urea groups is 1. The van der Waals surface area contributed by atoms with Crippen molar-refractivity contribution in [1.29, 1.82) is 0 Å². The summed E-state index contributed by atoms with van der Waals surface area (Å²) in [5.41, 5.74) is 0. The monoisotopic (exact) mass is 311 g/mol. The number of rotatable bonds is 5. The Bertz CT molecular complexity index is 428. The van der Waals surface area contributed by atoms with Crippen LogP contribution in [-0.4, -0.2) is 61.3 Å². The first-order valence-electron chi connectivity index (χ1n) is 7.45. The van der Waals surface area contributed by atoms with Crippen LogP contribution in [-0.2, 0) is 0 Å². The molecule has 118 valence electrons. The number of aliphatic hydroxyl groups excluding tert-OH is 1. The topological polar surface area (TPSA) is 55.8 Å². The fraction of sp³-hybridized carbons (Fsp3) is 0.667. The summed E-state index contributed by atoms with van der Waals surface area (Å²) in [6, 6.07) is 4.37. The van der Waals surface area contributed by atoms with Gasteiger partial charge in [0.15, 0.2) is 0 Å². The summed E-state index contributed by atoms with van der Waals surface area (Å²) < 4.78 is 0. The molecule has 1 aliphatic rings. The zero-order valence-electron chi connectivity index (χ0n) is 12.8. The van der Waals surface area contributed by atoms with Crippen molar-refractivity contribution in [1.82, 2.24) is 15.1 Å². The van der Waals surface area contributed by atoms with Gasteiger partial charge in [0.1, 0.15) is 0 Å². The van der Waals surface area contributed by atoms with Gasteiger partial charge < -0.3 is 20.2 Å². The van der Waals surface area contributed by atoms with Crippen LogP contribution in [0.25, 0.3) is 0 Å². The average Bonchev–Trinajstić information content (AvgIpc) is 3.01. The standard InChI is InChI=1S/C15H25N3O2S/c1-17(2)13(14-4-3-9-21-14)10-16-15(20)18-7-5-12(11-19)6-8-18/h3-4,9,12-13,19H,5-8,10-11H2,1-2H3,(H,16,20)/t13-/m0/s1. The van der Waals surface area contributed by atoms with Crippen LogP contribution in [0.4, 0.5) is 4.79 Å². The first-order valence-corrected chi connectivity index (χ1v) is 8.33. The van der Waals surface area contributed by atoms with Crippen LogP contribution >= 0.6 is 11.3 Å². The Morgan fingerprint density at radius 3 is 2.76 bits per heavy atom. The van der Waals surface area contributed by atoms with Gasteiger partial charge >= 0.3 is 6.03 Å². The van der Waals surface area contributed by atoms with E-state index in [1.165, 1.54) is 4.88 Å². The number of carbonyl (C=O) groups is 1. The van der Waals surface area contributed by atoms with Crippen LogP contribution in [0.2, 0.25) is 0 Å². The number of nitrogens with one attached hydrogen (secondary N) is 1. The van der Waals surface area contributed by atoms with Crippen LogP contribution in [0.1, 0.15) is 23.8 Å². The van der Waals surface area contributed by atoms with E-state index in [9.17, 15) is 4.79 Å². The van der Waals surface area contributed by atoms with Crippen molar-refractivity contribution >= 4 is 17.4 Å². The third-order valence-electron chi connectivity index (χ3n) is 4.10. The Kier molecular flexibility index (Phi) is 6.02. The molecule has 2 rings (SSSR count). The molecule has 21 heavy (non-hydrogen) atoms. The molecule has 1 aromatic rings. The lowest BCUT2D eigenvalue weighted by atomic mass is 9.98. The van der Waals surface area contributed by atoms with Gasteiger partial charge in [-0.05, 0) is 44.3 Å². The van der Waals surface area contributed by atoms with Crippen molar-refractivity contribution in [3.63, 3.8) is 0 Å². The number of thiophene rings is 1. The molecule has 2 amide bonds. The Morgan fingerprint density at radius 1 is 1.52 bits per heavy atom. The number of amides is 2. The van der Waals surface area contributed by atoms with Gasteiger partial charge in [-0.15, -0.1) is 11.3 Å². The third kappa shape index (κ3) is 4.43. The lowest BCUT2D eigenvalue weighted by Crippen LogP contribution is -2.46. The van der Waals surface area contributed by atoms with E-state index in [1.807, 2.05) is 25.1 Å². The summed E-state index contributed by atoms with van der Waals surface area (Å²) >= 11 is 1.72. The van der Waals surface area contributed by atoms with E-state index in [2.05, 4.69) is 21.7 Å². The van der Waals surface area contributed by atoms with E-state index >= 15 is 0 Å². The fourth-order valence-corrected chi connectivity index (χ4v) is 3.56. The summed E-state index contributed by atoms with van der Waals surface area (Å²) in [5, 5.41) is 14.2. The molecule has 0 bridgehead atoms. The Balaban J connectivity index is 1.82. The van der Waals surface area contributed by atoms with Crippen molar-refractivity contribution in [3.8, 4) is 0 Å². The SMILES string of the molecule is CN(C)[C@@H](CNC(=O)N1CCC(CO)CC1)c1cccs1. The molecule has 0 radical (unpaired) electrons. The quantitative estimate of drug-likeness (QED) is 0.871. The normalized spacial score (nSPS) is 18.0. The average molecular weight is 311 g/mol. The second kappa shape index (κ2) is 7.77. The minimum atomic E-state index is 0.00907. The molecule has 1 atom stereocenters. The summed E-state index contributed by atoms with van der Waals surface area (Å²) in [6.07, 6.45) is 1.79. The summed E-state index contributed by atoms with van der Waals surface area (Å²) in [4.78, 5) is 17.5. The number of aliphatic hydroxyl groups is 1. The van der Waals surface area contributed by atoms with Gasteiger partial charge in [0.2, 0.25) is 0 Å². The maximum Gasteiger partial charge on any atom is 0.317 e. The number of carbonyl (C=O) groups excluding carboxylic acids is 1. The smallest absolute Gasteiger partial charge is 0.317 e. The molecule has 6 heteroatoms. The van der Waals surface area contributed by atoms with E-state index < -0.39 is 0 Å². The molecule has 1 saturated heterocycles. The van der Waals surface area contributed by atoms with Gasteiger partial charge in [0, 0.05) is 31.1 Å². The van der Waals surface area contributed by atoms with Gasteiger partial charge in [0.25, 0.3) is 0 Å². The highest BCUT2D eigenvalue weighted by atomic mass is 32.1. The lowest BCUT2D eigenvalue weighted by Gasteiger charge is -2.32. The minimum Gasteiger partial charge on any atom is -0.396 e. The number of hydrogen-bond acceptors (Lipinski definition) is 4. The van der Waals surface area contributed by atoms with Gasteiger partial charge in [-0.3, -0.25) is 0 Å². The van der Waals surface area contributed by atoms with Crippen molar-refractivity contribution in [2.75, 3.05) is 40.3 Å². The molecule has 0 saturated carbocycles. The number of hydrogen-bond donors (Lipinski definition) is 2. The number of nitrogens with zero attached hydrogens (tertiary/aromatic N) is 2. The summed E-state index contributed by atoms with van der Waals surface area (Å²) in [5.74, 6) is 0.356. The first-order chi connectivity index (χ1) is 10.1. The molecule has 5 nitrogen and oxygen atoms in total. The maximum atomic E-state index is 12.2. The van der Waals surface area contributed by atoms with Crippen LogP contribution in [0, 0.1) is 5.92 Å². The summed E-state index contributed by atoms with van der Waals surface area (Å²) in [7, 11) is 4.06. The molecule has 1 fully saturated rings. The molecule has 1 aliphatic heterocycles.